The fourth-order valence-corrected chi connectivity index (χ4v) is 2.69. The van der Waals surface area contributed by atoms with Gasteiger partial charge in [0.25, 0.3) is 0 Å². The molecule has 0 aliphatic heterocycles. The molecule has 0 heterocycles. The number of rotatable bonds is 7. The lowest BCUT2D eigenvalue weighted by Gasteiger charge is -2.12. The highest BCUT2D eigenvalue weighted by atomic mass is 16.1. The number of hydrogen-bond acceptors (Lipinski definition) is 1. The number of allylic oxidation sites excluding steroid dienone is 4. The lowest BCUT2D eigenvalue weighted by atomic mass is 9.93. The Morgan fingerprint density at radius 1 is 1.28 bits per heavy atom. The number of ketones is 1. The summed E-state index contributed by atoms with van der Waals surface area (Å²) >= 11 is 0. The van der Waals surface area contributed by atoms with Gasteiger partial charge in [0.15, 0.2) is 0 Å². The lowest BCUT2D eigenvalue weighted by molar-refractivity contribution is -0.119. The second kappa shape index (κ2) is 8.91. The van der Waals surface area contributed by atoms with E-state index >= 15 is 0 Å². The van der Waals surface area contributed by atoms with Crippen molar-refractivity contribution >= 4 is 5.78 Å². The normalized spacial score (nSPS) is 21.4. The minimum absolute atomic E-state index is 0.482. The first kappa shape index (κ1) is 14.9. The van der Waals surface area contributed by atoms with Crippen molar-refractivity contribution in [3.05, 3.63) is 37.0 Å². The number of carbonyl (C=O) groups is 1. The number of hydrogen-bond donors (Lipinski definition) is 0. The molecule has 0 aromatic heterocycles. The zero-order valence-electron chi connectivity index (χ0n) is 11.5. The SMILES string of the molecule is C=C/C=C(\C=C)CCCCC1CCCCC(=O)C1. The quantitative estimate of drug-likeness (QED) is 0.351. The molecule has 0 bridgehead atoms. The van der Waals surface area contributed by atoms with Crippen molar-refractivity contribution in [3.8, 4) is 0 Å². The molecule has 1 aliphatic rings. The maximum Gasteiger partial charge on any atom is 0.133 e. The molecule has 1 heteroatoms. The summed E-state index contributed by atoms with van der Waals surface area (Å²) in [7, 11) is 0. The van der Waals surface area contributed by atoms with Crippen molar-refractivity contribution in [2.24, 2.45) is 5.92 Å². The van der Waals surface area contributed by atoms with Gasteiger partial charge in [-0.2, -0.15) is 0 Å². The molecule has 1 fully saturated rings. The highest BCUT2D eigenvalue weighted by Gasteiger charge is 2.16. The van der Waals surface area contributed by atoms with Crippen LogP contribution in [0.3, 0.4) is 0 Å². The van der Waals surface area contributed by atoms with Gasteiger partial charge in [-0.1, -0.05) is 57.1 Å². The van der Waals surface area contributed by atoms with Crippen LogP contribution in [0.1, 0.15) is 57.8 Å². The van der Waals surface area contributed by atoms with Crippen LogP contribution in [0.2, 0.25) is 0 Å². The minimum Gasteiger partial charge on any atom is -0.300 e. The summed E-state index contributed by atoms with van der Waals surface area (Å²) in [5, 5.41) is 0. The van der Waals surface area contributed by atoms with E-state index in [0.29, 0.717) is 11.7 Å². The predicted octanol–water partition coefficient (Wildman–Crippen LogP) is 4.99. The molecule has 1 rings (SSSR count). The highest BCUT2D eigenvalue weighted by molar-refractivity contribution is 5.78. The molecule has 0 aromatic carbocycles. The molecule has 100 valence electrons. The van der Waals surface area contributed by atoms with Crippen LogP contribution in [0.4, 0.5) is 0 Å². The molecular formula is C17H26O. The standard InChI is InChI=1S/C17H26O/c1-3-9-15(4-2)10-5-6-11-16-12-7-8-13-17(18)14-16/h3-4,9,16H,1-2,5-8,10-14H2/b15-9+. The van der Waals surface area contributed by atoms with Crippen molar-refractivity contribution in [1.29, 1.82) is 0 Å². The van der Waals surface area contributed by atoms with E-state index in [1.165, 1.54) is 37.7 Å². The van der Waals surface area contributed by atoms with Gasteiger partial charge < -0.3 is 0 Å². The molecule has 0 saturated heterocycles. The third kappa shape index (κ3) is 6.00. The van der Waals surface area contributed by atoms with Gasteiger partial charge in [-0.15, -0.1) is 0 Å². The van der Waals surface area contributed by atoms with Gasteiger partial charge in [0.1, 0.15) is 5.78 Å². The molecule has 1 atom stereocenters. The van der Waals surface area contributed by atoms with Crippen molar-refractivity contribution in [2.75, 3.05) is 0 Å². The summed E-state index contributed by atoms with van der Waals surface area (Å²) in [6.45, 7) is 7.52. The second-order valence-electron chi connectivity index (χ2n) is 5.28. The molecule has 0 amide bonds. The Labute approximate surface area is 112 Å². The van der Waals surface area contributed by atoms with Crippen LogP contribution in [0, 0.1) is 5.92 Å². The van der Waals surface area contributed by atoms with Crippen LogP contribution in [0.15, 0.2) is 37.0 Å². The van der Waals surface area contributed by atoms with Crippen molar-refractivity contribution < 1.29 is 4.79 Å². The molecule has 1 nitrogen and oxygen atoms in total. The Balaban J connectivity index is 2.20. The van der Waals surface area contributed by atoms with Crippen molar-refractivity contribution in [1.82, 2.24) is 0 Å². The zero-order valence-corrected chi connectivity index (χ0v) is 11.5. The summed E-state index contributed by atoms with van der Waals surface area (Å²) in [6.07, 6.45) is 15.7. The van der Waals surface area contributed by atoms with Crippen LogP contribution in [0.25, 0.3) is 0 Å². The van der Waals surface area contributed by atoms with Crippen molar-refractivity contribution in [2.45, 2.75) is 57.8 Å². The molecule has 0 spiro atoms. The number of carbonyl (C=O) groups excluding carboxylic acids is 1. The Hall–Kier alpha value is -1.11. The van der Waals surface area contributed by atoms with E-state index in [9.17, 15) is 4.79 Å². The topological polar surface area (TPSA) is 17.1 Å². The first-order chi connectivity index (χ1) is 8.76. The van der Waals surface area contributed by atoms with Gasteiger partial charge in [0.2, 0.25) is 0 Å². The molecule has 0 N–H and O–H groups in total. The zero-order chi connectivity index (χ0) is 13.2. The van der Waals surface area contributed by atoms with Crippen LogP contribution in [-0.4, -0.2) is 5.78 Å². The van der Waals surface area contributed by atoms with Crippen LogP contribution >= 0.6 is 0 Å². The van der Waals surface area contributed by atoms with E-state index in [2.05, 4.69) is 13.2 Å². The van der Waals surface area contributed by atoms with Gasteiger partial charge in [0.05, 0.1) is 0 Å². The Morgan fingerprint density at radius 3 is 2.83 bits per heavy atom. The third-order valence-corrected chi connectivity index (χ3v) is 3.76. The average molecular weight is 246 g/mol. The first-order valence-electron chi connectivity index (χ1n) is 7.22. The van der Waals surface area contributed by atoms with Gasteiger partial charge in [-0.3, -0.25) is 4.79 Å². The molecule has 18 heavy (non-hydrogen) atoms. The minimum atomic E-state index is 0.482. The maximum absolute atomic E-state index is 11.5. The molecule has 0 aromatic rings. The Kier molecular flexibility index (Phi) is 7.40. The van der Waals surface area contributed by atoms with Gasteiger partial charge in [-0.05, 0) is 30.8 Å². The van der Waals surface area contributed by atoms with Crippen LogP contribution < -0.4 is 0 Å². The number of Topliss-reactive ketones (excluding diaryl/α,β-unsaturated/α-hetero) is 1. The van der Waals surface area contributed by atoms with E-state index < -0.39 is 0 Å². The summed E-state index contributed by atoms with van der Waals surface area (Å²) in [6, 6.07) is 0. The molecule has 1 unspecified atom stereocenters. The summed E-state index contributed by atoms with van der Waals surface area (Å²) in [5.41, 5.74) is 1.27. The largest absolute Gasteiger partial charge is 0.300 e. The van der Waals surface area contributed by atoms with E-state index in [0.717, 1.165) is 25.7 Å². The molecule has 0 radical (unpaired) electrons. The van der Waals surface area contributed by atoms with E-state index in [-0.39, 0.29) is 0 Å². The first-order valence-corrected chi connectivity index (χ1v) is 7.22. The molecule has 1 saturated carbocycles. The highest BCUT2D eigenvalue weighted by Crippen LogP contribution is 2.25. The van der Waals surface area contributed by atoms with E-state index in [1.807, 2.05) is 18.2 Å². The molecular weight excluding hydrogens is 220 g/mol. The van der Waals surface area contributed by atoms with Crippen LogP contribution in [0.5, 0.6) is 0 Å². The fraction of sp³-hybridized carbons (Fsp3) is 0.588. The molecule has 1 aliphatic carbocycles. The van der Waals surface area contributed by atoms with Gasteiger partial charge in [0, 0.05) is 12.8 Å². The van der Waals surface area contributed by atoms with Gasteiger partial charge >= 0.3 is 0 Å². The smallest absolute Gasteiger partial charge is 0.133 e. The summed E-state index contributed by atoms with van der Waals surface area (Å²) in [4.78, 5) is 11.5. The third-order valence-electron chi connectivity index (χ3n) is 3.76. The van der Waals surface area contributed by atoms with Gasteiger partial charge in [-0.25, -0.2) is 0 Å². The van der Waals surface area contributed by atoms with E-state index in [1.54, 1.807) is 0 Å². The average Bonchev–Trinajstić information content (AvgIpc) is 2.57. The maximum atomic E-state index is 11.5. The summed E-state index contributed by atoms with van der Waals surface area (Å²) in [5.74, 6) is 1.13. The van der Waals surface area contributed by atoms with Crippen molar-refractivity contribution in [3.63, 3.8) is 0 Å². The fourth-order valence-electron chi connectivity index (χ4n) is 2.69. The Bertz CT molecular complexity index is 312. The monoisotopic (exact) mass is 246 g/mol. The second-order valence-corrected chi connectivity index (χ2v) is 5.28. The van der Waals surface area contributed by atoms with E-state index in [4.69, 9.17) is 0 Å². The number of unbranched alkanes of at least 4 members (excludes halogenated alkanes) is 1. The summed E-state index contributed by atoms with van der Waals surface area (Å²) < 4.78 is 0. The predicted molar refractivity (Wildman–Crippen MR) is 78.5 cm³/mol. The Morgan fingerprint density at radius 2 is 2.11 bits per heavy atom. The lowest BCUT2D eigenvalue weighted by Crippen LogP contribution is -2.05. The van der Waals surface area contributed by atoms with Crippen LogP contribution in [-0.2, 0) is 4.79 Å².